The highest BCUT2D eigenvalue weighted by Crippen LogP contribution is 2.36. The molecule has 23 heavy (non-hydrogen) atoms. The van der Waals surface area contributed by atoms with Crippen molar-refractivity contribution in [1.82, 2.24) is 4.90 Å². The first kappa shape index (κ1) is 16.3. The average Bonchev–Trinajstić information content (AvgIpc) is 3.32. The van der Waals surface area contributed by atoms with Crippen LogP contribution in [0.25, 0.3) is 6.08 Å². The zero-order chi connectivity index (χ0) is 16.6. The molecular weight excluding hydrogens is 339 g/mol. The van der Waals surface area contributed by atoms with Crippen LogP contribution in [0.1, 0.15) is 24.8 Å². The number of nitro groups is 1. The zero-order valence-corrected chi connectivity index (χ0v) is 13.9. The van der Waals surface area contributed by atoms with Gasteiger partial charge in [-0.3, -0.25) is 14.9 Å². The van der Waals surface area contributed by atoms with Crippen LogP contribution in [-0.4, -0.2) is 34.9 Å². The number of hydrogen-bond acceptors (Lipinski definition) is 3. The molecule has 0 spiro atoms. The Morgan fingerprint density at radius 1 is 1.30 bits per heavy atom. The van der Waals surface area contributed by atoms with Gasteiger partial charge in [-0.25, -0.2) is 0 Å². The maximum atomic E-state index is 12.2. The number of carbonyl (C=O) groups is 1. The van der Waals surface area contributed by atoms with Crippen molar-refractivity contribution < 1.29 is 9.72 Å². The molecule has 1 aromatic carbocycles. The molecule has 3 rings (SSSR count). The van der Waals surface area contributed by atoms with Gasteiger partial charge < -0.3 is 4.90 Å². The van der Waals surface area contributed by atoms with E-state index in [2.05, 4.69) is 0 Å². The van der Waals surface area contributed by atoms with E-state index in [0.717, 1.165) is 18.4 Å². The minimum atomic E-state index is -0.676. The van der Waals surface area contributed by atoms with Crippen molar-refractivity contribution in [3.63, 3.8) is 0 Å². The number of likely N-dealkylation sites (tertiary alicyclic amines) is 1. The van der Waals surface area contributed by atoms with Crippen molar-refractivity contribution in [3.8, 4) is 0 Å². The van der Waals surface area contributed by atoms with Crippen molar-refractivity contribution in [2.45, 2.75) is 25.3 Å². The van der Waals surface area contributed by atoms with E-state index in [0.29, 0.717) is 29.6 Å². The molecule has 122 valence electrons. The average molecular weight is 355 g/mol. The van der Waals surface area contributed by atoms with Crippen LogP contribution in [0.3, 0.4) is 0 Å². The summed E-state index contributed by atoms with van der Waals surface area (Å²) in [5, 5.41) is 12.0. The zero-order valence-electron chi connectivity index (χ0n) is 12.4. The molecule has 1 aromatic rings. The Kier molecular flexibility index (Phi) is 4.60. The van der Waals surface area contributed by atoms with Crippen molar-refractivity contribution in [2.75, 3.05) is 13.1 Å². The Morgan fingerprint density at radius 2 is 2.00 bits per heavy atom. The van der Waals surface area contributed by atoms with Crippen molar-refractivity contribution in [1.29, 1.82) is 0 Å². The predicted molar refractivity (Wildman–Crippen MR) is 89.1 cm³/mol. The standard InChI is InChI=1S/C16H16Cl2N2O3/c17-12-1-2-14(18)11(8-12)7-10-3-5-19(6-4-10)16(21)13-9-15(13)20(22)23/h1-2,7-8,13,15H,3-6,9H2/t13-,15+/m0/s1. The fourth-order valence-corrected chi connectivity index (χ4v) is 3.27. The smallest absolute Gasteiger partial charge is 0.232 e. The largest absolute Gasteiger partial charge is 0.342 e. The molecule has 1 saturated carbocycles. The molecule has 0 radical (unpaired) electrons. The van der Waals surface area contributed by atoms with Crippen LogP contribution in [0.2, 0.25) is 10.0 Å². The van der Waals surface area contributed by atoms with E-state index in [1.807, 2.05) is 12.1 Å². The number of rotatable bonds is 3. The first-order valence-corrected chi connectivity index (χ1v) is 8.28. The number of carbonyl (C=O) groups excluding carboxylic acids is 1. The number of nitrogens with zero attached hydrogens (tertiary/aromatic N) is 2. The second-order valence-electron chi connectivity index (χ2n) is 5.99. The van der Waals surface area contributed by atoms with Gasteiger partial charge in [-0.15, -0.1) is 0 Å². The molecule has 1 heterocycles. The monoisotopic (exact) mass is 354 g/mol. The Labute approximate surface area is 144 Å². The summed E-state index contributed by atoms with van der Waals surface area (Å²) in [5.74, 6) is -0.496. The van der Waals surface area contributed by atoms with E-state index in [1.165, 1.54) is 5.57 Å². The lowest BCUT2D eigenvalue weighted by Gasteiger charge is -2.28. The number of hydrogen-bond donors (Lipinski definition) is 0. The van der Waals surface area contributed by atoms with E-state index in [-0.39, 0.29) is 10.8 Å². The minimum absolute atomic E-state index is 0.0773. The highest BCUT2D eigenvalue weighted by Gasteiger charge is 2.54. The van der Waals surface area contributed by atoms with Crippen molar-refractivity contribution >= 4 is 35.2 Å². The Morgan fingerprint density at radius 3 is 2.61 bits per heavy atom. The molecule has 0 unspecified atom stereocenters. The van der Waals surface area contributed by atoms with E-state index in [9.17, 15) is 14.9 Å². The molecule has 1 aliphatic carbocycles. The highest BCUT2D eigenvalue weighted by molar-refractivity contribution is 6.34. The van der Waals surface area contributed by atoms with Crippen LogP contribution in [-0.2, 0) is 4.79 Å². The van der Waals surface area contributed by atoms with Gasteiger partial charge in [0.15, 0.2) is 0 Å². The van der Waals surface area contributed by atoms with Gasteiger partial charge in [0.05, 0.1) is 0 Å². The van der Waals surface area contributed by atoms with Gasteiger partial charge in [-0.1, -0.05) is 34.9 Å². The van der Waals surface area contributed by atoms with Crippen molar-refractivity contribution in [3.05, 3.63) is 49.5 Å². The molecule has 0 aromatic heterocycles. The first-order chi connectivity index (χ1) is 11.0. The maximum absolute atomic E-state index is 12.2. The van der Waals surface area contributed by atoms with Gasteiger partial charge in [0.1, 0.15) is 5.92 Å². The number of benzene rings is 1. The van der Waals surface area contributed by atoms with Gasteiger partial charge in [0.25, 0.3) is 0 Å². The van der Waals surface area contributed by atoms with Crippen LogP contribution >= 0.6 is 23.2 Å². The Bertz CT molecular complexity index is 680. The number of amides is 1. The van der Waals surface area contributed by atoms with Gasteiger partial charge in [0, 0.05) is 34.5 Å². The van der Waals surface area contributed by atoms with Crippen LogP contribution in [0.5, 0.6) is 0 Å². The lowest BCUT2D eigenvalue weighted by Crippen LogP contribution is -2.38. The lowest BCUT2D eigenvalue weighted by atomic mass is 10.0. The molecular formula is C16H16Cl2N2O3. The highest BCUT2D eigenvalue weighted by atomic mass is 35.5. The van der Waals surface area contributed by atoms with Crippen LogP contribution in [0.4, 0.5) is 0 Å². The normalized spacial score (nSPS) is 23.6. The van der Waals surface area contributed by atoms with Gasteiger partial charge in [-0.05, 0) is 36.6 Å². The van der Waals surface area contributed by atoms with E-state index >= 15 is 0 Å². The molecule has 2 aliphatic rings. The Balaban J connectivity index is 1.60. The molecule has 0 bridgehead atoms. The van der Waals surface area contributed by atoms with E-state index in [4.69, 9.17) is 23.2 Å². The molecule has 1 saturated heterocycles. The number of piperidine rings is 1. The summed E-state index contributed by atoms with van der Waals surface area (Å²) >= 11 is 12.1. The molecule has 7 heteroatoms. The second kappa shape index (κ2) is 6.49. The van der Waals surface area contributed by atoms with E-state index < -0.39 is 12.0 Å². The lowest BCUT2D eigenvalue weighted by molar-refractivity contribution is -0.497. The minimum Gasteiger partial charge on any atom is -0.342 e. The van der Waals surface area contributed by atoms with Gasteiger partial charge in [-0.2, -0.15) is 0 Å². The first-order valence-electron chi connectivity index (χ1n) is 7.52. The van der Waals surface area contributed by atoms with Crippen LogP contribution < -0.4 is 0 Å². The van der Waals surface area contributed by atoms with Crippen LogP contribution in [0, 0.1) is 16.0 Å². The summed E-state index contributed by atoms with van der Waals surface area (Å²) in [6, 6.07) is 4.65. The fraction of sp³-hybridized carbons (Fsp3) is 0.438. The second-order valence-corrected chi connectivity index (χ2v) is 6.83. The third-order valence-electron chi connectivity index (χ3n) is 4.38. The summed E-state index contributed by atoms with van der Waals surface area (Å²) in [7, 11) is 0. The summed E-state index contributed by atoms with van der Waals surface area (Å²) in [6.45, 7) is 1.20. The molecule has 2 atom stereocenters. The topological polar surface area (TPSA) is 63.4 Å². The van der Waals surface area contributed by atoms with Gasteiger partial charge in [0.2, 0.25) is 11.9 Å². The maximum Gasteiger partial charge on any atom is 0.232 e. The predicted octanol–water partition coefficient (Wildman–Crippen LogP) is 3.66. The number of halogens is 2. The third-order valence-corrected chi connectivity index (χ3v) is 4.96. The molecule has 1 amide bonds. The van der Waals surface area contributed by atoms with E-state index in [1.54, 1.807) is 17.0 Å². The quantitative estimate of drug-likeness (QED) is 0.614. The molecule has 2 fully saturated rings. The molecule has 0 N–H and O–H groups in total. The summed E-state index contributed by atoms with van der Waals surface area (Å²) in [5.41, 5.74) is 2.09. The summed E-state index contributed by atoms with van der Waals surface area (Å²) < 4.78 is 0. The van der Waals surface area contributed by atoms with Gasteiger partial charge >= 0.3 is 0 Å². The Hall–Kier alpha value is -1.59. The summed E-state index contributed by atoms with van der Waals surface area (Å²) in [6.07, 6.45) is 3.91. The summed E-state index contributed by atoms with van der Waals surface area (Å²) in [4.78, 5) is 24.3. The fourth-order valence-electron chi connectivity index (χ4n) is 2.92. The SMILES string of the molecule is O=C([C@H]1C[C@H]1[N+](=O)[O-])N1CCC(=Cc2cc(Cl)ccc2Cl)CC1. The third kappa shape index (κ3) is 3.67. The van der Waals surface area contributed by atoms with Crippen molar-refractivity contribution in [2.24, 2.45) is 5.92 Å². The van der Waals surface area contributed by atoms with Crippen LogP contribution in [0.15, 0.2) is 23.8 Å². The molecule has 1 aliphatic heterocycles. The molecule has 5 nitrogen and oxygen atoms in total.